The standard InChI is InChI=1S/C16H16N2S/c1-2-6-19-12-13-4-3-5-15(7-13)16-8-14(9-17)10-18-11-16/h3-5,7-8,10-11H,2,6,12H2,1H3. The minimum absolute atomic E-state index is 0.600. The molecule has 0 radical (unpaired) electrons. The third-order valence-electron chi connectivity index (χ3n) is 2.74. The second-order valence-corrected chi connectivity index (χ2v) is 5.43. The number of hydrogen-bond acceptors (Lipinski definition) is 3. The summed E-state index contributed by atoms with van der Waals surface area (Å²) in [4.78, 5) is 4.11. The lowest BCUT2D eigenvalue weighted by Gasteiger charge is -2.05. The third-order valence-corrected chi connectivity index (χ3v) is 3.98. The summed E-state index contributed by atoms with van der Waals surface area (Å²) in [5.74, 6) is 2.22. The molecule has 0 saturated carbocycles. The lowest BCUT2D eigenvalue weighted by molar-refractivity contribution is 1.10. The molecule has 3 heteroatoms. The van der Waals surface area contributed by atoms with Gasteiger partial charge in [0.05, 0.1) is 5.56 Å². The number of aromatic nitrogens is 1. The molecule has 19 heavy (non-hydrogen) atoms. The maximum absolute atomic E-state index is 8.91. The third kappa shape index (κ3) is 3.84. The first-order chi connectivity index (χ1) is 9.33. The van der Waals surface area contributed by atoms with Crippen molar-refractivity contribution in [2.45, 2.75) is 19.1 Å². The summed E-state index contributed by atoms with van der Waals surface area (Å²) in [6.45, 7) is 2.20. The van der Waals surface area contributed by atoms with Crippen molar-refractivity contribution < 1.29 is 0 Å². The average Bonchev–Trinajstić information content (AvgIpc) is 2.48. The Morgan fingerprint density at radius 3 is 2.89 bits per heavy atom. The molecule has 0 aliphatic carbocycles. The van der Waals surface area contributed by atoms with Gasteiger partial charge < -0.3 is 0 Å². The van der Waals surface area contributed by atoms with Crippen molar-refractivity contribution in [3.8, 4) is 17.2 Å². The summed E-state index contributed by atoms with van der Waals surface area (Å²) in [5, 5.41) is 8.91. The lowest BCUT2D eigenvalue weighted by atomic mass is 10.0. The quantitative estimate of drug-likeness (QED) is 0.760. The number of pyridine rings is 1. The van der Waals surface area contributed by atoms with Gasteiger partial charge in [0.15, 0.2) is 0 Å². The van der Waals surface area contributed by atoms with Crippen molar-refractivity contribution in [3.63, 3.8) is 0 Å². The Labute approximate surface area is 118 Å². The topological polar surface area (TPSA) is 36.7 Å². The van der Waals surface area contributed by atoms with Gasteiger partial charge in [0.2, 0.25) is 0 Å². The van der Waals surface area contributed by atoms with Crippen LogP contribution in [0.15, 0.2) is 42.7 Å². The van der Waals surface area contributed by atoms with E-state index in [9.17, 15) is 0 Å². The van der Waals surface area contributed by atoms with Crippen LogP contribution in [0.5, 0.6) is 0 Å². The van der Waals surface area contributed by atoms with Gasteiger partial charge in [0.1, 0.15) is 6.07 Å². The van der Waals surface area contributed by atoms with Crippen LogP contribution in [0.4, 0.5) is 0 Å². The summed E-state index contributed by atoms with van der Waals surface area (Å²) in [5.41, 5.74) is 4.04. The Hall–Kier alpha value is -1.79. The lowest BCUT2D eigenvalue weighted by Crippen LogP contribution is -1.86. The highest BCUT2D eigenvalue weighted by atomic mass is 32.2. The molecule has 2 nitrogen and oxygen atoms in total. The van der Waals surface area contributed by atoms with E-state index in [2.05, 4.69) is 42.2 Å². The van der Waals surface area contributed by atoms with Crippen LogP contribution in [0, 0.1) is 11.3 Å². The van der Waals surface area contributed by atoms with Gasteiger partial charge in [-0.25, -0.2) is 0 Å². The number of benzene rings is 1. The van der Waals surface area contributed by atoms with E-state index in [0.29, 0.717) is 5.56 Å². The highest BCUT2D eigenvalue weighted by molar-refractivity contribution is 7.98. The highest BCUT2D eigenvalue weighted by Crippen LogP contribution is 2.22. The van der Waals surface area contributed by atoms with Crippen LogP contribution in [0.3, 0.4) is 0 Å². The van der Waals surface area contributed by atoms with Gasteiger partial charge in [-0.3, -0.25) is 4.98 Å². The number of thioether (sulfide) groups is 1. The van der Waals surface area contributed by atoms with Crippen LogP contribution < -0.4 is 0 Å². The molecule has 2 aromatic rings. The molecule has 0 saturated heterocycles. The van der Waals surface area contributed by atoms with Crippen molar-refractivity contribution in [1.82, 2.24) is 4.98 Å². The zero-order valence-electron chi connectivity index (χ0n) is 11.0. The molecule has 2 rings (SSSR count). The first kappa shape index (κ1) is 13.6. The highest BCUT2D eigenvalue weighted by Gasteiger charge is 2.01. The molecule has 1 aromatic heterocycles. The summed E-state index contributed by atoms with van der Waals surface area (Å²) in [6, 6.07) is 12.5. The van der Waals surface area contributed by atoms with E-state index in [1.807, 2.05) is 17.8 Å². The van der Waals surface area contributed by atoms with Gasteiger partial charge in [-0.05, 0) is 29.4 Å². The Kier molecular flexibility index (Phi) is 5.00. The van der Waals surface area contributed by atoms with Crippen molar-refractivity contribution >= 4 is 11.8 Å². The van der Waals surface area contributed by atoms with E-state index in [-0.39, 0.29) is 0 Å². The van der Waals surface area contributed by atoms with Crippen LogP contribution >= 0.6 is 11.8 Å². The molecule has 0 bridgehead atoms. The van der Waals surface area contributed by atoms with Crippen molar-refractivity contribution in [1.29, 1.82) is 5.26 Å². The van der Waals surface area contributed by atoms with Crippen molar-refractivity contribution in [2.24, 2.45) is 0 Å². The Morgan fingerprint density at radius 1 is 1.21 bits per heavy atom. The molecule has 0 amide bonds. The molecular formula is C16H16N2S. The zero-order chi connectivity index (χ0) is 13.5. The summed E-state index contributed by atoms with van der Waals surface area (Å²) >= 11 is 1.95. The van der Waals surface area contributed by atoms with E-state index in [1.165, 1.54) is 17.7 Å². The van der Waals surface area contributed by atoms with E-state index < -0.39 is 0 Å². The molecular weight excluding hydrogens is 252 g/mol. The zero-order valence-corrected chi connectivity index (χ0v) is 11.8. The predicted molar refractivity (Wildman–Crippen MR) is 80.8 cm³/mol. The van der Waals surface area contributed by atoms with E-state index in [1.54, 1.807) is 12.4 Å². The largest absolute Gasteiger partial charge is 0.263 e. The van der Waals surface area contributed by atoms with Crippen LogP contribution in [-0.2, 0) is 5.75 Å². The molecule has 96 valence electrons. The second kappa shape index (κ2) is 6.96. The van der Waals surface area contributed by atoms with Gasteiger partial charge >= 0.3 is 0 Å². The van der Waals surface area contributed by atoms with Gasteiger partial charge in [-0.2, -0.15) is 17.0 Å². The Balaban J connectivity index is 2.20. The van der Waals surface area contributed by atoms with Crippen LogP contribution in [0.25, 0.3) is 11.1 Å². The average molecular weight is 268 g/mol. The molecule has 0 aliphatic heterocycles. The molecule has 0 spiro atoms. The van der Waals surface area contributed by atoms with Crippen LogP contribution in [-0.4, -0.2) is 10.7 Å². The maximum Gasteiger partial charge on any atom is 0.101 e. The predicted octanol–water partition coefficient (Wildman–Crippen LogP) is 4.26. The molecule has 0 aliphatic rings. The van der Waals surface area contributed by atoms with Crippen LogP contribution in [0.2, 0.25) is 0 Å². The van der Waals surface area contributed by atoms with Crippen molar-refractivity contribution in [2.75, 3.05) is 5.75 Å². The van der Waals surface area contributed by atoms with E-state index in [0.717, 1.165) is 16.9 Å². The minimum atomic E-state index is 0.600. The molecule has 1 aromatic carbocycles. The Morgan fingerprint density at radius 2 is 2.11 bits per heavy atom. The summed E-state index contributed by atoms with van der Waals surface area (Å²) < 4.78 is 0. The number of nitrogens with zero attached hydrogens (tertiary/aromatic N) is 2. The molecule has 1 heterocycles. The normalized spacial score (nSPS) is 10.1. The van der Waals surface area contributed by atoms with E-state index >= 15 is 0 Å². The van der Waals surface area contributed by atoms with E-state index in [4.69, 9.17) is 5.26 Å². The minimum Gasteiger partial charge on any atom is -0.263 e. The molecule has 0 atom stereocenters. The second-order valence-electron chi connectivity index (χ2n) is 4.33. The fourth-order valence-corrected chi connectivity index (χ4v) is 2.68. The summed E-state index contributed by atoms with van der Waals surface area (Å²) in [6.07, 6.45) is 4.60. The Bertz CT molecular complexity index is 587. The van der Waals surface area contributed by atoms with Gasteiger partial charge in [-0.15, -0.1) is 0 Å². The van der Waals surface area contributed by atoms with Gasteiger partial charge in [-0.1, -0.05) is 31.2 Å². The summed E-state index contributed by atoms with van der Waals surface area (Å²) in [7, 11) is 0. The SMILES string of the molecule is CCCSCc1cccc(-c2cncc(C#N)c2)c1. The number of hydrogen-bond donors (Lipinski definition) is 0. The maximum atomic E-state index is 8.91. The van der Waals surface area contributed by atoms with Gasteiger partial charge in [0.25, 0.3) is 0 Å². The smallest absolute Gasteiger partial charge is 0.101 e. The van der Waals surface area contributed by atoms with Crippen molar-refractivity contribution in [3.05, 3.63) is 53.9 Å². The molecule has 0 fully saturated rings. The number of nitriles is 1. The molecule has 0 N–H and O–H groups in total. The fourth-order valence-electron chi connectivity index (χ4n) is 1.83. The van der Waals surface area contributed by atoms with Gasteiger partial charge in [0, 0.05) is 23.7 Å². The monoisotopic (exact) mass is 268 g/mol. The molecule has 0 unspecified atom stereocenters. The first-order valence-corrected chi connectivity index (χ1v) is 7.51. The number of rotatable bonds is 5. The fraction of sp³-hybridized carbons (Fsp3) is 0.250. The first-order valence-electron chi connectivity index (χ1n) is 6.35. The van der Waals surface area contributed by atoms with Crippen LogP contribution in [0.1, 0.15) is 24.5 Å².